The van der Waals surface area contributed by atoms with Crippen LogP contribution >= 0.6 is 11.6 Å². The minimum Gasteiger partial charge on any atom is -0.390 e. The van der Waals surface area contributed by atoms with Gasteiger partial charge in [0.1, 0.15) is 0 Å². The van der Waals surface area contributed by atoms with Crippen LogP contribution in [0, 0.1) is 17.8 Å². The average Bonchev–Trinajstić information content (AvgIpc) is 2.83. The van der Waals surface area contributed by atoms with Gasteiger partial charge in [0.15, 0.2) is 9.84 Å². The van der Waals surface area contributed by atoms with E-state index in [1.165, 1.54) is 30.6 Å². The summed E-state index contributed by atoms with van der Waals surface area (Å²) in [5, 5.41) is 12.8. The summed E-state index contributed by atoms with van der Waals surface area (Å²) in [6, 6.07) is 5.83. The number of hydrogen-bond donors (Lipinski definition) is 2. The molecule has 2 saturated carbocycles. The summed E-state index contributed by atoms with van der Waals surface area (Å²) in [6.07, 6.45) is 4.58. The quantitative estimate of drug-likeness (QED) is 0.740. The van der Waals surface area contributed by atoms with E-state index in [4.69, 9.17) is 11.6 Å². The fourth-order valence-corrected chi connectivity index (χ4v) is 7.44. The lowest BCUT2D eigenvalue weighted by Crippen LogP contribution is -2.46. The number of carbonyl (C=O) groups is 1. The Hall–Kier alpha value is -2.03. The van der Waals surface area contributed by atoms with Crippen LogP contribution in [-0.4, -0.2) is 40.3 Å². The number of fused-ring (bicyclic) bond motifs is 2. The van der Waals surface area contributed by atoms with Gasteiger partial charge in [0.2, 0.25) is 5.95 Å². The number of amides is 1. The van der Waals surface area contributed by atoms with Gasteiger partial charge in [-0.15, -0.1) is 0 Å². The molecule has 0 radical (unpaired) electrons. The fraction of sp³-hybridized carbons (Fsp3) is 0.476. The average molecular weight is 450 g/mol. The van der Waals surface area contributed by atoms with Gasteiger partial charge in [-0.05, 0) is 68.2 Å². The first kappa shape index (κ1) is 21.2. The Morgan fingerprint density at radius 2 is 1.93 bits per heavy atom. The molecule has 1 aromatic carbocycles. The zero-order valence-electron chi connectivity index (χ0n) is 16.7. The van der Waals surface area contributed by atoms with E-state index in [1.807, 2.05) is 6.92 Å². The molecule has 2 aromatic rings. The molecule has 2 aliphatic rings. The topological polar surface area (TPSA) is 109 Å². The Morgan fingerprint density at radius 3 is 2.60 bits per heavy atom. The zero-order valence-corrected chi connectivity index (χ0v) is 18.3. The number of nitrogens with zero attached hydrogens (tertiary/aromatic N) is 2. The molecular weight excluding hydrogens is 426 g/mol. The normalized spacial score (nSPS) is 30.8. The first-order valence-electron chi connectivity index (χ1n) is 9.95. The van der Waals surface area contributed by atoms with Gasteiger partial charge in [-0.3, -0.25) is 10.1 Å². The fourth-order valence-electron chi connectivity index (χ4n) is 5.07. The molecule has 1 heterocycles. The number of rotatable bonds is 4. The molecule has 7 nitrogen and oxygen atoms in total. The Bertz CT molecular complexity index is 1070. The van der Waals surface area contributed by atoms with Crippen LogP contribution in [-0.2, 0) is 9.84 Å². The van der Waals surface area contributed by atoms with Crippen molar-refractivity contribution in [2.75, 3.05) is 5.32 Å². The number of halogens is 1. The Balaban J connectivity index is 1.62. The third kappa shape index (κ3) is 3.61. The summed E-state index contributed by atoms with van der Waals surface area (Å²) < 4.78 is 26.9. The SMILES string of the molecule is C[C@H]1CC2C[C@@H](S(=O)(=O)c3cc(C(=O)Nc4ncccn4)ccc3Cl)C[C@H]1[C@]2(C)O. The number of aliphatic hydroxyl groups is 1. The predicted octanol–water partition coefficient (Wildman–Crippen LogP) is 3.34. The molecule has 9 heteroatoms. The van der Waals surface area contributed by atoms with E-state index in [0.717, 1.165) is 6.42 Å². The molecule has 1 unspecified atom stereocenters. The third-order valence-electron chi connectivity index (χ3n) is 6.71. The largest absolute Gasteiger partial charge is 0.390 e. The van der Waals surface area contributed by atoms with Crippen LogP contribution in [0.2, 0.25) is 5.02 Å². The van der Waals surface area contributed by atoms with Crippen LogP contribution in [0.3, 0.4) is 0 Å². The first-order valence-corrected chi connectivity index (χ1v) is 11.9. The van der Waals surface area contributed by atoms with Gasteiger partial charge in [0, 0.05) is 18.0 Å². The lowest BCUT2D eigenvalue weighted by Gasteiger charge is -2.40. The van der Waals surface area contributed by atoms with E-state index >= 15 is 0 Å². The minimum absolute atomic E-state index is 0.0515. The molecule has 0 saturated heterocycles. The minimum atomic E-state index is -3.78. The number of benzene rings is 1. The van der Waals surface area contributed by atoms with Gasteiger partial charge in [-0.2, -0.15) is 0 Å². The van der Waals surface area contributed by atoms with Crippen molar-refractivity contribution in [1.29, 1.82) is 0 Å². The van der Waals surface area contributed by atoms with E-state index in [0.29, 0.717) is 12.8 Å². The van der Waals surface area contributed by atoms with E-state index in [9.17, 15) is 18.3 Å². The van der Waals surface area contributed by atoms with E-state index in [2.05, 4.69) is 22.2 Å². The van der Waals surface area contributed by atoms with Crippen LogP contribution in [0.5, 0.6) is 0 Å². The van der Waals surface area contributed by atoms with Crippen molar-refractivity contribution in [3.05, 3.63) is 47.2 Å². The smallest absolute Gasteiger partial charge is 0.258 e. The van der Waals surface area contributed by atoms with Gasteiger partial charge in [-0.1, -0.05) is 18.5 Å². The molecule has 1 aromatic heterocycles. The molecule has 4 rings (SSSR count). The summed E-state index contributed by atoms with van der Waals surface area (Å²) in [5.74, 6) is -0.261. The number of aromatic nitrogens is 2. The number of nitrogens with one attached hydrogen (secondary N) is 1. The Labute approximate surface area is 180 Å². The summed E-state index contributed by atoms with van der Waals surface area (Å²) >= 11 is 6.25. The van der Waals surface area contributed by atoms with Crippen LogP contribution in [0.4, 0.5) is 5.95 Å². The van der Waals surface area contributed by atoms with E-state index in [-0.39, 0.29) is 39.2 Å². The zero-order chi connectivity index (χ0) is 21.7. The van der Waals surface area contributed by atoms with Gasteiger partial charge in [0.05, 0.1) is 20.8 Å². The van der Waals surface area contributed by atoms with Crippen molar-refractivity contribution in [3.63, 3.8) is 0 Å². The summed E-state index contributed by atoms with van der Waals surface area (Å²) in [4.78, 5) is 20.4. The predicted molar refractivity (Wildman–Crippen MR) is 113 cm³/mol. The van der Waals surface area contributed by atoms with Crippen molar-refractivity contribution in [2.24, 2.45) is 17.8 Å². The highest BCUT2D eigenvalue weighted by molar-refractivity contribution is 7.92. The molecule has 160 valence electrons. The standard InChI is InChI=1S/C21H24ClN3O4S/c1-12-8-14-10-15(11-16(12)21(14,2)27)30(28,29)18-9-13(4-5-17(18)22)19(26)25-20-23-6-3-7-24-20/h3-7,9,12,14-16,27H,8,10-11H2,1-2H3,(H,23,24,25,26)/t12-,14?,15+,16+,21+/m0/s1. The number of anilines is 1. The maximum absolute atomic E-state index is 13.5. The molecule has 2 aliphatic carbocycles. The number of carbonyl (C=O) groups excluding carboxylic acids is 1. The van der Waals surface area contributed by atoms with E-state index in [1.54, 1.807) is 6.07 Å². The van der Waals surface area contributed by atoms with Gasteiger partial charge in [-0.25, -0.2) is 18.4 Å². The monoisotopic (exact) mass is 449 g/mol. The van der Waals surface area contributed by atoms with Crippen LogP contribution < -0.4 is 5.32 Å². The number of hydrogen-bond acceptors (Lipinski definition) is 6. The van der Waals surface area contributed by atoms with Crippen molar-refractivity contribution in [3.8, 4) is 0 Å². The summed E-state index contributed by atoms with van der Waals surface area (Å²) in [6.45, 7) is 3.88. The van der Waals surface area contributed by atoms with Gasteiger partial charge < -0.3 is 5.11 Å². The summed E-state index contributed by atoms with van der Waals surface area (Å²) in [5.41, 5.74) is -0.684. The van der Waals surface area contributed by atoms with E-state index < -0.39 is 26.6 Å². The van der Waals surface area contributed by atoms with Crippen molar-refractivity contribution >= 4 is 33.3 Å². The second kappa shape index (κ2) is 7.59. The molecular formula is C21H24ClN3O4S. The molecule has 2 fully saturated rings. The Morgan fingerprint density at radius 1 is 1.23 bits per heavy atom. The highest BCUT2D eigenvalue weighted by atomic mass is 35.5. The maximum atomic E-state index is 13.5. The van der Waals surface area contributed by atoms with Crippen molar-refractivity contribution < 1.29 is 18.3 Å². The molecule has 0 spiro atoms. The highest BCUT2D eigenvalue weighted by Crippen LogP contribution is 2.54. The molecule has 0 aliphatic heterocycles. The molecule has 1 amide bonds. The second-order valence-electron chi connectivity index (χ2n) is 8.55. The highest BCUT2D eigenvalue weighted by Gasteiger charge is 2.56. The third-order valence-corrected chi connectivity index (χ3v) is 9.37. The van der Waals surface area contributed by atoms with Crippen molar-refractivity contribution in [2.45, 2.75) is 48.9 Å². The maximum Gasteiger partial charge on any atom is 0.258 e. The van der Waals surface area contributed by atoms with Crippen molar-refractivity contribution in [1.82, 2.24) is 9.97 Å². The summed E-state index contributed by atoms with van der Waals surface area (Å²) in [7, 11) is -3.78. The van der Waals surface area contributed by atoms with Gasteiger partial charge in [0.25, 0.3) is 5.91 Å². The van der Waals surface area contributed by atoms with Crippen LogP contribution in [0.25, 0.3) is 0 Å². The molecule has 30 heavy (non-hydrogen) atoms. The lowest BCUT2D eigenvalue weighted by atomic mass is 9.74. The van der Waals surface area contributed by atoms with Crippen LogP contribution in [0.1, 0.15) is 43.5 Å². The first-order chi connectivity index (χ1) is 14.1. The Kier molecular flexibility index (Phi) is 5.36. The number of sulfone groups is 1. The van der Waals surface area contributed by atoms with Crippen LogP contribution in [0.15, 0.2) is 41.6 Å². The second-order valence-corrected chi connectivity index (χ2v) is 11.2. The van der Waals surface area contributed by atoms with Gasteiger partial charge >= 0.3 is 0 Å². The molecule has 5 atom stereocenters. The lowest BCUT2D eigenvalue weighted by molar-refractivity contribution is -0.0466. The molecule has 2 bridgehead atoms. The molecule has 2 N–H and O–H groups in total.